The maximum absolute atomic E-state index is 12.5. The minimum Gasteiger partial charge on any atom is -0.497 e. The lowest BCUT2D eigenvalue weighted by atomic mass is 10.1. The number of carboxylic acid groups (broad SMARTS) is 1. The standard InChI is InChI=1S/C23H25N3O4/c1-30-18-7-5-15-11-16(22(27)25-21(15)13-18)14-24-20-8-6-17(12-19(20)23(28)29)26-9-3-2-4-10-26/h5-8,11-13,24H,2-4,9-10,14H2,1H3,(H,25,27)(H,28,29). The highest BCUT2D eigenvalue weighted by Crippen LogP contribution is 2.26. The summed E-state index contributed by atoms with van der Waals surface area (Å²) in [4.78, 5) is 29.4. The lowest BCUT2D eigenvalue weighted by Gasteiger charge is -2.29. The van der Waals surface area contributed by atoms with Gasteiger partial charge in [-0.1, -0.05) is 0 Å². The molecule has 3 aromatic rings. The van der Waals surface area contributed by atoms with E-state index in [9.17, 15) is 14.7 Å². The Bertz CT molecular complexity index is 1130. The normalized spacial score (nSPS) is 14.0. The van der Waals surface area contributed by atoms with Crippen molar-refractivity contribution in [2.45, 2.75) is 25.8 Å². The van der Waals surface area contributed by atoms with Gasteiger partial charge in [-0.2, -0.15) is 0 Å². The fourth-order valence-electron chi connectivity index (χ4n) is 3.89. The predicted octanol–water partition coefficient (Wildman–Crippen LogP) is 3.84. The van der Waals surface area contributed by atoms with E-state index in [0.29, 0.717) is 22.5 Å². The maximum atomic E-state index is 12.5. The lowest BCUT2D eigenvalue weighted by molar-refractivity contribution is 0.0698. The van der Waals surface area contributed by atoms with Crippen molar-refractivity contribution in [3.05, 3.63) is 63.9 Å². The molecule has 1 aliphatic heterocycles. The molecule has 0 atom stereocenters. The summed E-state index contributed by atoms with van der Waals surface area (Å²) >= 11 is 0. The van der Waals surface area contributed by atoms with Crippen molar-refractivity contribution >= 4 is 28.2 Å². The molecule has 30 heavy (non-hydrogen) atoms. The minimum absolute atomic E-state index is 0.208. The summed E-state index contributed by atoms with van der Waals surface area (Å²) < 4.78 is 5.19. The van der Waals surface area contributed by atoms with E-state index in [-0.39, 0.29) is 17.7 Å². The zero-order valence-corrected chi connectivity index (χ0v) is 16.9. The fraction of sp³-hybridized carbons (Fsp3) is 0.304. The van der Waals surface area contributed by atoms with E-state index in [1.807, 2.05) is 24.3 Å². The molecule has 0 spiro atoms. The van der Waals surface area contributed by atoms with Gasteiger partial charge in [-0.05, 0) is 61.0 Å². The number of nitrogens with zero attached hydrogens (tertiary/aromatic N) is 1. The monoisotopic (exact) mass is 407 g/mol. The minimum atomic E-state index is -0.990. The lowest BCUT2D eigenvalue weighted by Crippen LogP contribution is -2.29. The van der Waals surface area contributed by atoms with Crippen LogP contribution in [0.25, 0.3) is 10.9 Å². The van der Waals surface area contributed by atoms with Crippen LogP contribution in [0.2, 0.25) is 0 Å². The summed E-state index contributed by atoms with van der Waals surface area (Å²) in [6, 6.07) is 12.7. The van der Waals surface area contributed by atoms with Gasteiger partial charge in [-0.3, -0.25) is 4.79 Å². The Morgan fingerprint density at radius 3 is 2.67 bits per heavy atom. The van der Waals surface area contributed by atoms with Crippen molar-refractivity contribution in [1.82, 2.24) is 4.98 Å². The van der Waals surface area contributed by atoms with Crippen LogP contribution < -0.4 is 20.5 Å². The smallest absolute Gasteiger partial charge is 0.337 e. The van der Waals surface area contributed by atoms with Crippen molar-refractivity contribution in [3.63, 3.8) is 0 Å². The molecule has 2 aromatic carbocycles. The number of carboxylic acids is 1. The summed E-state index contributed by atoms with van der Waals surface area (Å²) in [6.07, 6.45) is 3.47. The Morgan fingerprint density at radius 2 is 1.93 bits per heavy atom. The van der Waals surface area contributed by atoms with E-state index in [0.717, 1.165) is 37.0 Å². The molecule has 1 aliphatic rings. The van der Waals surface area contributed by atoms with Crippen LogP contribution in [0.3, 0.4) is 0 Å². The van der Waals surface area contributed by atoms with Gasteiger partial charge in [0.2, 0.25) is 0 Å². The quantitative estimate of drug-likeness (QED) is 0.575. The van der Waals surface area contributed by atoms with Gasteiger partial charge >= 0.3 is 5.97 Å². The van der Waals surface area contributed by atoms with E-state index in [1.165, 1.54) is 6.42 Å². The van der Waals surface area contributed by atoms with Crippen molar-refractivity contribution in [2.24, 2.45) is 0 Å². The van der Waals surface area contributed by atoms with E-state index < -0.39 is 5.97 Å². The third kappa shape index (κ3) is 4.10. The molecule has 156 valence electrons. The van der Waals surface area contributed by atoms with Gasteiger partial charge in [0.25, 0.3) is 5.56 Å². The molecule has 0 saturated carbocycles. The molecule has 1 saturated heterocycles. The average Bonchev–Trinajstić information content (AvgIpc) is 2.77. The highest BCUT2D eigenvalue weighted by molar-refractivity contribution is 5.95. The molecular weight excluding hydrogens is 382 g/mol. The predicted molar refractivity (Wildman–Crippen MR) is 118 cm³/mol. The second-order valence-corrected chi connectivity index (χ2v) is 7.51. The molecule has 4 rings (SSSR count). The molecule has 0 aliphatic carbocycles. The summed E-state index contributed by atoms with van der Waals surface area (Å²) in [7, 11) is 1.58. The number of aromatic amines is 1. The number of carbonyl (C=O) groups is 1. The summed E-state index contributed by atoms with van der Waals surface area (Å²) in [6.45, 7) is 2.12. The van der Waals surface area contributed by atoms with Gasteiger partial charge in [0, 0.05) is 42.6 Å². The Kier molecular flexibility index (Phi) is 5.61. The largest absolute Gasteiger partial charge is 0.497 e. The second kappa shape index (κ2) is 8.49. The molecule has 3 N–H and O–H groups in total. The number of methoxy groups -OCH3 is 1. The Labute approximate surface area is 174 Å². The zero-order valence-electron chi connectivity index (χ0n) is 16.9. The number of nitrogens with one attached hydrogen (secondary N) is 2. The highest BCUT2D eigenvalue weighted by atomic mass is 16.5. The molecule has 7 nitrogen and oxygen atoms in total. The number of fused-ring (bicyclic) bond motifs is 1. The Balaban J connectivity index is 1.57. The number of anilines is 2. The van der Waals surface area contributed by atoms with E-state index in [4.69, 9.17) is 4.74 Å². The number of hydrogen-bond donors (Lipinski definition) is 3. The van der Waals surface area contributed by atoms with Crippen molar-refractivity contribution in [2.75, 3.05) is 30.4 Å². The number of H-pyrrole nitrogens is 1. The number of hydrogen-bond acceptors (Lipinski definition) is 5. The van der Waals surface area contributed by atoms with Crippen LogP contribution in [0.1, 0.15) is 35.2 Å². The first kappa shape index (κ1) is 19.8. The Morgan fingerprint density at radius 1 is 1.13 bits per heavy atom. The number of pyridine rings is 1. The van der Waals surface area contributed by atoms with Gasteiger partial charge in [0.15, 0.2) is 0 Å². The molecule has 2 heterocycles. The van der Waals surface area contributed by atoms with Crippen LogP contribution in [-0.2, 0) is 6.54 Å². The zero-order chi connectivity index (χ0) is 21.1. The molecule has 1 aromatic heterocycles. The molecule has 7 heteroatoms. The molecule has 0 bridgehead atoms. The third-order valence-corrected chi connectivity index (χ3v) is 5.55. The van der Waals surface area contributed by atoms with E-state index in [1.54, 1.807) is 25.3 Å². The summed E-state index contributed by atoms with van der Waals surface area (Å²) in [5.41, 5.74) is 2.64. The van der Waals surface area contributed by atoms with Gasteiger partial charge < -0.3 is 25.0 Å². The first-order valence-corrected chi connectivity index (χ1v) is 10.1. The topological polar surface area (TPSA) is 94.7 Å². The number of rotatable bonds is 6. The average molecular weight is 407 g/mol. The van der Waals surface area contributed by atoms with Crippen molar-refractivity contribution < 1.29 is 14.6 Å². The summed E-state index contributed by atoms with van der Waals surface area (Å²) in [5, 5.41) is 13.7. The SMILES string of the molecule is COc1ccc2cc(CNc3ccc(N4CCCCC4)cc3C(=O)O)c(=O)[nH]c2c1. The molecule has 0 amide bonds. The second-order valence-electron chi connectivity index (χ2n) is 7.51. The molecular formula is C23H25N3O4. The molecule has 0 unspecified atom stereocenters. The van der Waals surface area contributed by atoms with Crippen LogP contribution in [0.5, 0.6) is 5.75 Å². The van der Waals surface area contributed by atoms with Gasteiger partial charge in [0.05, 0.1) is 18.2 Å². The van der Waals surface area contributed by atoms with Crippen LogP contribution in [0, 0.1) is 0 Å². The number of piperidine rings is 1. The number of aromatic nitrogens is 1. The van der Waals surface area contributed by atoms with Crippen molar-refractivity contribution in [3.8, 4) is 5.75 Å². The van der Waals surface area contributed by atoms with Crippen LogP contribution in [0.15, 0.2) is 47.3 Å². The first-order valence-electron chi connectivity index (χ1n) is 10.1. The first-order chi connectivity index (χ1) is 14.5. The van der Waals surface area contributed by atoms with E-state index in [2.05, 4.69) is 15.2 Å². The molecule has 1 fully saturated rings. The van der Waals surface area contributed by atoms with Crippen LogP contribution in [-0.4, -0.2) is 36.3 Å². The van der Waals surface area contributed by atoms with E-state index >= 15 is 0 Å². The van der Waals surface area contributed by atoms with Crippen LogP contribution >= 0.6 is 0 Å². The van der Waals surface area contributed by atoms with Gasteiger partial charge in [0.1, 0.15) is 5.75 Å². The number of aromatic carboxylic acids is 1. The third-order valence-electron chi connectivity index (χ3n) is 5.55. The Hall–Kier alpha value is -3.48. The number of ether oxygens (including phenoxy) is 1. The maximum Gasteiger partial charge on any atom is 0.337 e. The van der Waals surface area contributed by atoms with Gasteiger partial charge in [-0.25, -0.2) is 4.79 Å². The fourth-order valence-corrected chi connectivity index (χ4v) is 3.89. The van der Waals surface area contributed by atoms with Crippen LogP contribution in [0.4, 0.5) is 11.4 Å². The van der Waals surface area contributed by atoms with Gasteiger partial charge in [-0.15, -0.1) is 0 Å². The highest BCUT2D eigenvalue weighted by Gasteiger charge is 2.16. The van der Waals surface area contributed by atoms with Crippen molar-refractivity contribution in [1.29, 1.82) is 0 Å². The summed E-state index contributed by atoms with van der Waals surface area (Å²) in [5.74, 6) is -0.320. The number of benzene rings is 2. The molecule has 0 radical (unpaired) electrons.